The zero-order valence-corrected chi connectivity index (χ0v) is 10.5. The van der Waals surface area contributed by atoms with Gasteiger partial charge in [-0.05, 0) is 26.7 Å². The lowest BCUT2D eigenvalue weighted by atomic mass is 10.1. The predicted octanol–water partition coefficient (Wildman–Crippen LogP) is -0.143. The average molecular weight is 249 g/mol. The van der Waals surface area contributed by atoms with Crippen molar-refractivity contribution in [3.05, 3.63) is 0 Å². The van der Waals surface area contributed by atoms with Gasteiger partial charge in [0.25, 0.3) is 0 Å². The summed E-state index contributed by atoms with van der Waals surface area (Å²) in [4.78, 5) is 13.2. The van der Waals surface area contributed by atoms with E-state index in [1.165, 1.54) is 0 Å². The van der Waals surface area contributed by atoms with E-state index >= 15 is 0 Å². The molecule has 3 N–H and O–H groups in total. The molecule has 1 rings (SSSR count). The summed E-state index contributed by atoms with van der Waals surface area (Å²) in [6.45, 7) is 4.66. The number of rotatable bonds is 2. The number of hydrogen-bond acceptors (Lipinski definition) is 3. The van der Waals surface area contributed by atoms with Gasteiger partial charge in [0.05, 0.1) is 5.25 Å². The molecule has 1 aliphatic rings. The number of nitrogens with one attached hydrogen (secondary N) is 1. The van der Waals surface area contributed by atoms with Crippen molar-refractivity contribution >= 4 is 16.1 Å². The Bertz CT molecular complexity index is 345. The number of nitrogens with two attached hydrogens (primary N) is 1. The van der Waals surface area contributed by atoms with Crippen molar-refractivity contribution in [2.45, 2.75) is 38.0 Å². The number of amides is 2. The first-order valence-electron chi connectivity index (χ1n) is 5.37. The molecule has 0 unspecified atom stereocenters. The maximum atomic E-state index is 11.6. The Labute approximate surface area is 96.2 Å². The molecule has 1 heterocycles. The topological polar surface area (TPSA) is 92.5 Å². The Balaban J connectivity index is 2.46. The van der Waals surface area contributed by atoms with E-state index in [1.807, 2.05) is 13.8 Å². The lowest BCUT2D eigenvalue weighted by Crippen LogP contribution is -2.49. The van der Waals surface area contributed by atoms with Gasteiger partial charge in [-0.15, -0.1) is 0 Å². The Hall–Kier alpha value is -0.820. The highest BCUT2D eigenvalue weighted by Crippen LogP contribution is 2.15. The molecule has 1 fully saturated rings. The maximum Gasteiger partial charge on any atom is 0.317 e. The van der Waals surface area contributed by atoms with Crippen molar-refractivity contribution < 1.29 is 13.2 Å². The number of piperidine rings is 1. The number of hydrogen-bond donors (Lipinski definition) is 2. The fourth-order valence-corrected chi connectivity index (χ4v) is 2.59. The molecule has 7 heteroatoms. The summed E-state index contributed by atoms with van der Waals surface area (Å²) < 4.78 is 22.2. The van der Waals surface area contributed by atoms with Crippen LogP contribution in [-0.4, -0.2) is 43.7 Å². The van der Waals surface area contributed by atoms with Crippen LogP contribution in [0.2, 0.25) is 0 Å². The Kier molecular flexibility index (Phi) is 4.15. The van der Waals surface area contributed by atoms with Gasteiger partial charge in [-0.3, -0.25) is 0 Å². The zero-order valence-electron chi connectivity index (χ0n) is 9.64. The van der Waals surface area contributed by atoms with Crippen LogP contribution in [-0.2, 0) is 10.0 Å². The van der Waals surface area contributed by atoms with Gasteiger partial charge >= 0.3 is 6.03 Å². The highest BCUT2D eigenvalue weighted by molar-refractivity contribution is 7.89. The molecule has 0 aliphatic carbocycles. The molecule has 0 aromatic carbocycles. The van der Waals surface area contributed by atoms with Crippen LogP contribution < -0.4 is 10.5 Å². The Morgan fingerprint density at radius 3 is 2.25 bits per heavy atom. The predicted molar refractivity (Wildman–Crippen MR) is 61.4 cm³/mol. The number of carbonyl (C=O) groups excluding carboxylic acids is 1. The molecular weight excluding hydrogens is 230 g/mol. The van der Waals surface area contributed by atoms with Crippen LogP contribution in [0.25, 0.3) is 0 Å². The maximum absolute atomic E-state index is 11.6. The Morgan fingerprint density at radius 2 is 1.88 bits per heavy atom. The minimum absolute atomic E-state index is 0.0865. The van der Waals surface area contributed by atoms with Crippen molar-refractivity contribution in [1.29, 1.82) is 0 Å². The van der Waals surface area contributed by atoms with Crippen molar-refractivity contribution in [2.75, 3.05) is 13.1 Å². The summed E-state index contributed by atoms with van der Waals surface area (Å²) in [5.74, 6) is 0. The first-order chi connectivity index (χ1) is 7.30. The van der Waals surface area contributed by atoms with Crippen LogP contribution in [0.15, 0.2) is 0 Å². The SMILES string of the molecule is CC(C)NC(=O)N1CCC(S(N)(=O)=O)CC1. The van der Waals surface area contributed by atoms with Gasteiger partial charge < -0.3 is 10.2 Å². The largest absolute Gasteiger partial charge is 0.336 e. The molecule has 1 aliphatic heterocycles. The highest BCUT2D eigenvalue weighted by Gasteiger charge is 2.29. The second-order valence-corrected chi connectivity index (χ2v) is 6.22. The van der Waals surface area contributed by atoms with Gasteiger partial charge in [0.2, 0.25) is 10.0 Å². The smallest absolute Gasteiger partial charge is 0.317 e. The minimum Gasteiger partial charge on any atom is -0.336 e. The van der Waals surface area contributed by atoms with E-state index in [0.717, 1.165) is 0 Å². The number of urea groups is 1. The fraction of sp³-hybridized carbons (Fsp3) is 0.889. The van der Waals surface area contributed by atoms with Crippen LogP contribution in [0.3, 0.4) is 0 Å². The van der Waals surface area contributed by atoms with Gasteiger partial charge in [0.15, 0.2) is 0 Å². The quantitative estimate of drug-likeness (QED) is 0.713. The first-order valence-corrected chi connectivity index (χ1v) is 6.98. The van der Waals surface area contributed by atoms with Crippen LogP contribution >= 0.6 is 0 Å². The molecule has 0 saturated carbocycles. The molecular formula is C9H19N3O3S. The third-order valence-electron chi connectivity index (χ3n) is 2.61. The molecule has 0 radical (unpaired) electrons. The Morgan fingerprint density at radius 1 is 1.38 bits per heavy atom. The summed E-state index contributed by atoms with van der Waals surface area (Å²) in [7, 11) is -3.46. The fourth-order valence-electron chi connectivity index (χ4n) is 1.73. The van der Waals surface area contributed by atoms with Crippen molar-refractivity contribution in [2.24, 2.45) is 5.14 Å². The molecule has 0 bridgehead atoms. The molecule has 0 atom stereocenters. The minimum atomic E-state index is -3.46. The highest BCUT2D eigenvalue weighted by atomic mass is 32.2. The molecule has 2 amide bonds. The van der Waals surface area contributed by atoms with Gasteiger partial charge in [0.1, 0.15) is 0 Å². The third kappa shape index (κ3) is 3.64. The number of carbonyl (C=O) groups is 1. The normalized spacial score (nSPS) is 18.9. The number of primary sulfonamides is 1. The monoisotopic (exact) mass is 249 g/mol. The van der Waals surface area contributed by atoms with Crippen molar-refractivity contribution in [1.82, 2.24) is 10.2 Å². The van der Waals surface area contributed by atoms with E-state index in [1.54, 1.807) is 4.90 Å². The molecule has 0 aromatic rings. The average Bonchev–Trinajstić information content (AvgIpc) is 2.15. The van der Waals surface area contributed by atoms with E-state index in [9.17, 15) is 13.2 Å². The van der Waals surface area contributed by atoms with E-state index in [0.29, 0.717) is 25.9 Å². The third-order valence-corrected chi connectivity index (χ3v) is 4.01. The summed E-state index contributed by atoms with van der Waals surface area (Å²) >= 11 is 0. The van der Waals surface area contributed by atoms with E-state index in [-0.39, 0.29) is 12.1 Å². The second kappa shape index (κ2) is 5.01. The van der Waals surface area contributed by atoms with Gasteiger partial charge in [-0.25, -0.2) is 18.4 Å². The zero-order chi connectivity index (χ0) is 12.3. The number of likely N-dealkylation sites (tertiary alicyclic amines) is 1. The van der Waals surface area contributed by atoms with Crippen molar-refractivity contribution in [3.63, 3.8) is 0 Å². The lowest BCUT2D eigenvalue weighted by Gasteiger charge is -2.31. The molecule has 1 saturated heterocycles. The molecule has 0 spiro atoms. The van der Waals surface area contributed by atoms with E-state index in [2.05, 4.69) is 5.32 Å². The molecule has 16 heavy (non-hydrogen) atoms. The van der Waals surface area contributed by atoms with E-state index in [4.69, 9.17) is 5.14 Å². The molecule has 6 nitrogen and oxygen atoms in total. The number of nitrogens with zero attached hydrogens (tertiary/aromatic N) is 1. The van der Waals surface area contributed by atoms with Gasteiger partial charge in [-0.1, -0.05) is 0 Å². The van der Waals surface area contributed by atoms with Crippen LogP contribution in [0.4, 0.5) is 4.79 Å². The summed E-state index contributed by atoms with van der Waals surface area (Å²) in [6.07, 6.45) is 0.842. The van der Waals surface area contributed by atoms with E-state index < -0.39 is 15.3 Å². The lowest BCUT2D eigenvalue weighted by molar-refractivity contribution is 0.184. The standard InChI is InChI=1S/C9H19N3O3S/c1-7(2)11-9(13)12-5-3-8(4-6-12)16(10,14)15/h7-8H,3-6H2,1-2H3,(H,11,13)(H2,10,14,15). The number of sulfonamides is 1. The summed E-state index contributed by atoms with van der Waals surface area (Å²) in [5, 5.41) is 7.33. The first kappa shape index (κ1) is 13.2. The van der Waals surface area contributed by atoms with Gasteiger partial charge in [-0.2, -0.15) is 0 Å². The molecule has 94 valence electrons. The second-order valence-electron chi connectivity index (χ2n) is 4.38. The molecule has 0 aromatic heterocycles. The van der Waals surface area contributed by atoms with Crippen molar-refractivity contribution in [3.8, 4) is 0 Å². The summed E-state index contributed by atoms with van der Waals surface area (Å²) in [6, 6.07) is -0.0497. The van der Waals surface area contributed by atoms with Crippen LogP contribution in [0, 0.1) is 0 Å². The van der Waals surface area contributed by atoms with Crippen LogP contribution in [0.5, 0.6) is 0 Å². The summed E-state index contributed by atoms with van der Waals surface area (Å²) in [5.41, 5.74) is 0. The van der Waals surface area contributed by atoms with Gasteiger partial charge in [0, 0.05) is 19.1 Å². The van der Waals surface area contributed by atoms with Crippen LogP contribution in [0.1, 0.15) is 26.7 Å².